The molecule has 0 saturated heterocycles. The number of hydrogen-bond acceptors (Lipinski definition) is 3. The summed E-state index contributed by atoms with van der Waals surface area (Å²) in [4.78, 5) is 22.5. The van der Waals surface area contributed by atoms with Crippen LogP contribution < -0.4 is 5.32 Å². The van der Waals surface area contributed by atoms with Crippen molar-refractivity contribution >= 4 is 23.5 Å². The molecule has 0 fully saturated rings. The summed E-state index contributed by atoms with van der Waals surface area (Å²) < 4.78 is 30.3. The topological polar surface area (TPSA) is 55.4 Å². The Hall–Kier alpha value is -1.69. The number of carbonyl (C=O) groups excluding carboxylic acids is 2. The molecule has 4 nitrogen and oxygen atoms in total. The molecule has 0 aliphatic carbocycles. The Bertz CT molecular complexity index is 480. The van der Waals surface area contributed by atoms with E-state index in [0.29, 0.717) is 12.1 Å². The lowest BCUT2D eigenvalue weighted by atomic mass is 10.2. The van der Waals surface area contributed by atoms with Gasteiger partial charge in [0.25, 0.3) is 5.91 Å². The van der Waals surface area contributed by atoms with Crippen LogP contribution in [0.25, 0.3) is 0 Å². The van der Waals surface area contributed by atoms with Crippen LogP contribution in [0.15, 0.2) is 12.1 Å². The van der Waals surface area contributed by atoms with Crippen LogP contribution in [-0.2, 0) is 9.53 Å². The maximum atomic E-state index is 12.9. The van der Waals surface area contributed by atoms with Gasteiger partial charge in [0.05, 0.1) is 17.2 Å². The predicted octanol–water partition coefficient (Wildman–Crippen LogP) is 1.91. The van der Waals surface area contributed by atoms with Crippen LogP contribution in [0.3, 0.4) is 0 Å². The Balaban J connectivity index is 2.73. The molecule has 0 aromatic heterocycles. The van der Waals surface area contributed by atoms with Gasteiger partial charge in [-0.3, -0.25) is 9.59 Å². The Morgan fingerprint density at radius 3 is 2.56 bits per heavy atom. The lowest BCUT2D eigenvalue weighted by Crippen LogP contribution is -2.30. The minimum Gasteiger partial charge on any atom is -0.465 e. The third-order valence-corrected chi connectivity index (χ3v) is 2.27. The van der Waals surface area contributed by atoms with Gasteiger partial charge in [0.2, 0.25) is 0 Å². The first kappa shape index (κ1) is 14.4. The Morgan fingerprint density at radius 2 is 1.94 bits per heavy atom. The number of carbonyl (C=O) groups is 2. The molecule has 0 unspecified atom stereocenters. The van der Waals surface area contributed by atoms with Crippen molar-refractivity contribution < 1.29 is 23.1 Å². The normalized spacial score (nSPS) is 10.0. The predicted molar refractivity (Wildman–Crippen MR) is 60.3 cm³/mol. The second-order valence-electron chi connectivity index (χ2n) is 3.23. The molecule has 0 bridgehead atoms. The van der Waals surface area contributed by atoms with Crippen molar-refractivity contribution in [3.8, 4) is 0 Å². The second-order valence-corrected chi connectivity index (χ2v) is 3.64. The highest BCUT2D eigenvalue weighted by molar-refractivity contribution is 6.33. The van der Waals surface area contributed by atoms with Gasteiger partial charge in [-0.1, -0.05) is 11.6 Å². The summed E-state index contributed by atoms with van der Waals surface area (Å²) in [6, 6.07) is 1.36. The Kier molecular flexibility index (Phi) is 5.03. The summed E-state index contributed by atoms with van der Waals surface area (Å²) in [5.41, 5.74) is -0.250. The van der Waals surface area contributed by atoms with Crippen molar-refractivity contribution in [3.63, 3.8) is 0 Å². The van der Waals surface area contributed by atoms with Gasteiger partial charge < -0.3 is 10.1 Å². The monoisotopic (exact) mass is 277 g/mol. The maximum Gasteiger partial charge on any atom is 0.325 e. The van der Waals surface area contributed by atoms with Crippen molar-refractivity contribution in [2.75, 3.05) is 13.2 Å². The molecule has 0 aliphatic heterocycles. The summed E-state index contributed by atoms with van der Waals surface area (Å²) in [5, 5.41) is 1.94. The lowest BCUT2D eigenvalue weighted by Gasteiger charge is -2.07. The quantitative estimate of drug-likeness (QED) is 0.676. The maximum absolute atomic E-state index is 12.9. The molecule has 0 atom stereocenters. The highest BCUT2D eigenvalue weighted by Gasteiger charge is 2.15. The molecule has 1 N–H and O–H groups in total. The van der Waals surface area contributed by atoms with E-state index in [1.54, 1.807) is 6.92 Å². The fourth-order valence-corrected chi connectivity index (χ4v) is 1.39. The van der Waals surface area contributed by atoms with Crippen LogP contribution in [0, 0.1) is 11.6 Å². The molecular formula is C11H10ClF2NO3. The van der Waals surface area contributed by atoms with Crippen LogP contribution >= 0.6 is 11.6 Å². The molecule has 1 aromatic rings. The standard InChI is InChI=1S/C11H10ClF2NO3/c1-2-18-10(16)5-15-11(17)6-3-8(13)9(14)4-7(6)12/h3-4H,2,5H2,1H3,(H,15,17). The van der Waals surface area contributed by atoms with Crippen molar-refractivity contribution in [1.29, 1.82) is 0 Å². The molecule has 0 radical (unpaired) electrons. The fourth-order valence-electron chi connectivity index (χ4n) is 1.16. The second kappa shape index (κ2) is 6.30. The highest BCUT2D eigenvalue weighted by Crippen LogP contribution is 2.19. The van der Waals surface area contributed by atoms with Crippen molar-refractivity contribution in [2.24, 2.45) is 0 Å². The molecule has 1 amide bonds. The number of amides is 1. The van der Waals surface area contributed by atoms with Gasteiger partial charge in [-0.2, -0.15) is 0 Å². The zero-order valence-electron chi connectivity index (χ0n) is 9.43. The van der Waals surface area contributed by atoms with E-state index >= 15 is 0 Å². The number of halogens is 3. The molecule has 0 heterocycles. The van der Waals surface area contributed by atoms with E-state index in [1.165, 1.54) is 0 Å². The van der Waals surface area contributed by atoms with Crippen LogP contribution in [-0.4, -0.2) is 25.0 Å². The SMILES string of the molecule is CCOC(=O)CNC(=O)c1cc(F)c(F)cc1Cl. The van der Waals surface area contributed by atoms with Crippen LogP contribution in [0.1, 0.15) is 17.3 Å². The summed E-state index contributed by atoms with van der Waals surface area (Å²) in [7, 11) is 0. The minimum absolute atomic E-state index is 0.181. The number of esters is 1. The highest BCUT2D eigenvalue weighted by atomic mass is 35.5. The first-order valence-corrected chi connectivity index (χ1v) is 5.41. The summed E-state index contributed by atoms with van der Waals surface area (Å²) in [6.07, 6.45) is 0. The van der Waals surface area contributed by atoms with E-state index in [-0.39, 0.29) is 23.7 Å². The molecule has 1 rings (SSSR count). The fraction of sp³-hybridized carbons (Fsp3) is 0.273. The van der Waals surface area contributed by atoms with E-state index in [2.05, 4.69) is 10.1 Å². The van der Waals surface area contributed by atoms with E-state index < -0.39 is 23.5 Å². The van der Waals surface area contributed by atoms with Gasteiger partial charge in [0, 0.05) is 0 Å². The van der Waals surface area contributed by atoms with Gasteiger partial charge in [0.1, 0.15) is 6.54 Å². The molecule has 0 spiro atoms. The Labute approximate surface area is 107 Å². The van der Waals surface area contributed by atoms with E-state index in [0.717, 1.165) is 0 Å². The molecule has 7 heteroatoms. The number of benzene rings is 1. The molecular weight excluding hydrogens is 268 g/mol. The van der Waals surface area contributed by atoms with Crippen molar-refractivity contribution in [3.05, 3.63) is 34.4 Å². The third-order valence-electron chi connectivity index (χ3n) is 1.95. The van der Waals surface area contributed by atoms with Gasteiger partial charge >= 0.3 is 5.97 Å². The Morgan fingerprint density at radius 1 is 1.33 bits per heavy atom. The van der Waals surface area contributed by atoms with E-state index in [9.17, 15) is 18.4 Å². The number of nitrogens with one attached hydrogen (secondary N) is 1. The molecule has 1 aromatic carbocycles. The zero-order valence-corrected chi connectivity index (χ0v) is 10.2. The minimum atomic E-state index is -1.19. The van der Waals surface area contributed by atoms with E-state index in [4.69, 9.17) is 11.6 Å². The number of ether oxygens (including phenoxy) is 1. The molecule has 0 aliphatic rings. The van der Waals surface area contributed by atoms with Crippen LogP contribution in [0.2, 0.25) is 5.02 Å². The first-order chi connectivity index (χ1) is 8.45. The van der Waals surface area contributed by atoms with Crippen molar-refractivity contribution in [1.82, 2.24) is 5.32 Å². The number of rotatable bonds is 4. The van der Waals surface area contributed by atoms with Crippen LogP contribution in [0.5, 0.6) is 0 Å². The molecule has 98 valence electrons. The van der Waals surface area contributed by atoms with Gasteiger partial charge in [-0.15, -0.1) is 0 Å². The summed E-state index contributed by atoms with van der Waals surface area (Å²) in [6.45, 7) is 1.43. The summed E-state index contributed by atoms with van der Waals surface area (Å²) in [5.74, 6) is -3.76. The van der Waals surface area contributed by atoms with Gasteiger partial charge in [-0.25, -0.2) is 8.78 Å². The van der Waals surface area contributed by atoms with Crippen molar-refractivity contribution in [2.45, 2.75) is 6.92 Å². The first-order valence-electron chi connectivity index (χ1n) is 5.04. The summed E-state index contributed by atoms with van der Waals surface area (Å²) >= 11 is 5.59. The molecule has 0 saturated carbocycles. The van der Waals surface area contributed by atoms with Gasteiger partial charge in [-0.05, 0) is 19.1 Å². The smallest absolute Gasteiger partial charge is 0.325 e. The third kappa shape index (κ3) is 3.66. The van der Waals surface area contributed by atoms with Crippen LogP contribution in [0.4, 0.5) is 8.78 Å². The lowest BCUT2D eigenvalue weighted by molar-refractivity contribution is -0.141. The largest absolute Gasteiger partial charge is 0.465 e. The average Bonchev–Trinajstić information content (AvgIpc) is 2.31. The van der Waals surface area contributed by atoms with Gasteiger partial charge in [0.15, 0.2) is 11.6 Å². The average molecular weight is 278 g/mol. The van der Waals surface area contributed by atoms with E-state index in [1.807, 2.05) is 0 Å². The number of hydrogen-bond donors (Lipinski definition) is 1. The zero-order chi connectivity index (χ0) is 13.7. The molecule has 18 heavy (non-hydrogen) atoms.